The van der Waals surface area contributed by atoms with E-state index in [4.69, 9.17) is 4.52 Å². The Morgan fingerprint density at radius 1 is 1.32 bits per heavy atom. The molecule has 4 heterocycles. The number of imidazole rings is 1. The van der Waals surface area contributed by atoms with Crippen molar-refractivity contribution in [3.63, 3.8) is 0 Å². The Morgan fingerprint density at radius 2 is 2.23 bits per heavy atom. The Balaban J connectivity index is 1.70. The lowest BCUT2D eigenvalue weighted by Crippen LogP contribution is -2.45. The molecule has 1 aliphatic heterocycles. The highest BCUT2D eigenvalue weighted by atomic mass is 16.5. The Morgan fingerprint density at radius 3 is 3.05 bits per heavy atom. The van der Waals surface area contributed by atoms with Gasteiger partial charge in [-0.25, -0.2) is 15.0 Å². The number of aromatic amines is 1. The number of anilines is 1. The van der Waals surface area contributed by atoms with Crippen LogP contribution in [0, 0.1) is 6.92 Å². The van der Waals surface area contributed by atoms with Gasteiger partial charge in [-0.2, -0.15) is 4.98 Å². The molecule has 1 saturated heterocycles. The van der Waals surface area contributed by atoms with E-state index >= 15 is 0 Å². The predicted molar refractivity (Wildman–Crippen MR) is 79.5 cm³/mol. The van der Waals surface area contributed by atoms with E-state index in [1.807, 2.05) is 6.92 Å². The number of H-pyrrole nitrogens is 1. The molecule has 22 heavy (non-hydrogen) atoms. The summed E-state index contributed by atoms with van der Waals surface area (Å²) in [6.45, 7) is 5.72. The summed E-state index contributed by atoms with van der Waals surface area (Å²) in [6, 6.07) is 0. The van der Waals surface area contributed by atoms with Gasteiger partial charge in [-0.15, -0.1) is 0 Å². The summed E-state index contributed by atoms with van der Waals surface area (Å²) in [5, 5.41) is 3.93. The van der Waals surface area contributed by atoms with Crippen molar-refractivity contribution < 1.29 is 4.52 Å². The van der Waals surface area contributed by atoms with Gasteiger partial charge in [-0.05, 0) is 26.7 Å². The molecular formula is C14H17N7O. The monoisotopic (exact) mass is 299 g/mol. The van der Waals surface area contributed by atoms with Crippen molar-refractivity contribution in [1.82, 2.24) is 30.1 Å². The molecule has 3 aromatic heterocycles. The Hall–Kier alpha value is -2.51. The average Bonchev–Trinajstić information content (AvgIpc) is 3.15. The molecule has 1 N–H and O–H groups in total. The van der Waals surface area contributed by atoms with Crippen LogP contribution in [0.15, 0.2) is 17.2 Å². The summed E-state index contributed by atoms with van der Waals surface area (Å²) in [4.78, 5) is 22.6. The zero-order chi connectivity index (χ0) is 15.2. The van der Waals surface area contributed by atoms with Crippen molar-refractivity contribution >= 4 is 17.0 Å². The third kappa shape index (κ3) is 2.02. The minimum absolute atomic E-state index is 0.170. The topological polar surface area (TPSA) is 96.6 Å². The third-order valence-corrected chi connectivity index (χ3v) is 4.24. The predicted octanol–water partition coefficient (Wildman–Crippen LogP) is 1.60. The van der Waals surface area contributed by atoms with Crippen LogP contribution in [0.25, 0.3) is 11.2 Å². The number of piperidine rings is 1. The molecule has 0 amide bonds. The molecular weight excluding hydrogens is 282 g/mol. The molecule has 0 saturated carbocycles. The summed E-state index contributed by atoms with van der Waals surface area (Å²) in [5.74, 6) is 2.25. The van der Waals surface area contributed by atoms with E-state index in [1.165, 1.54) is 0 Å². The molecule has 4 rings (SSSR count). The van der Waals surface area contributed by atoms with Gasteiger partial charge in [0.15, 0.2) is 17.3 Å². The van der Waals surface area contributed by atoms with Gasteiger partial charge in [0.05, 0.1) is 11.7 Å². The van der Waals surface area contributed by atoms with Crippen molar-refractivity contribution in [3.05, 3.63) is 24.4 Å². The number of fused-ring (bicyclic) bond motifs is 1. The number of aryl methyl sites for hydroxylation is 1. The van der Waals surface area contributed by atoms with Crippen LogP contribution in [0.2, 0.25) is 0 Å². The lowest BCUT2D eigenvalue weighted by atomic mass is 9.81. The maximum absolute atomic E-state index is 5.42. The quantitative estimate of drug-likeness (QED) is 0.767. The standard InChI is InChI=1S/C14H17N7O/c1-9-19-13(22-20-9)14(2)4-3-5-21(6-14)12-10-11(16-7-15-10)17-8-18-12/h7-8H,3-6H2,1-2H3,(H,15,16,17,18). The molecule has 3 aromatic rings. The molecule has 114 valence electrons. The molecule has 1 unspecified atom stereocenters. The zero-order valence-electron chi connectivity index (χ0n) is 12.6. The molecule has 8 heteroatoms. The first-order valence-electron chi connectivity index (χ1n) is 7.35. The fraction of sp³-hybridized carbons (Fsp3) is 0.500. The second-order valence-electron chi connectivity index (χ2n) is 6.03. The summed E-state index contributed by atoms with van der Waals surface area (Å²) in [6.07, 6.45) is 5.26. The highest BCUT2D eigenvalue weighted by Gasteiger charge is 2.38. The summed E-state index contributed by atoms with van der Waals surface area (Å²) >= 11 is 0. The van der Waals surface area contributed by atoms with Crippen molar-refractivity contribution in [3.8, 4) is 0 Å². The van der Waals surface area contributed by atoms with E-state index in [9.17, 15) is 0 Å². The van der Waals surface area contributed by atoms with Gasteiger partial charge in [0.1, 0.15) is 11.8 Å². The van der Waals surface area contributed by atoms with Crippen molar-refractivity contribution in [1.29, 1.82) is 0 Å². The highest BCUT2D eigenvalue weighted by Crippen LogP contribution is 2.35. The zero-order valence-corrected chi connectivity index (χ0v) is 12.6. The number of nitrogens with one attached hydrogen (secondary N) is 1. The average molecular weight is 299 g/mol. The molecule has 0 bridgehead atoms. The van der Waals surface area contributed by atoms with E-state index < -0.39 is 0 Å². The fourth-order valence-corrected chi connectivity index (χ4v) is 3.13. The fourth-order valence-electron chi connectivity index (χ4n) is 3.13. The van der Waals surface area contributed by atoms with E-state index in [0.717, 1.165) is 37.3 Å². The second kappa shape index (κ2) is 4.75. The van der Waals surface area contributed by atoms with Crippen LogP contribution in [-0.4, -0.2) is 43.2 Å². The molecule has 1 atom stereocenters. The van der Waals surface area contributed by atoms with Gasteiger partial charge in [0, 0.05) is 13.1 Å². The van der Waals surface area contributed by atoms with Crippen LogP contribution in [-0.2, 0) is 5.41 Å². The first-order valence-corrected chi connectivity index (χ1v) is 7.35. The van der Waals surface area contributed by atoms with Crippen LogP contribution < -0.4 is 4.90 Å². The van der Waals surface area contributed by atoms with Gasteiger partial charge >= 0.3 is 0 Å². The SMILES string of the molecule is Cc1noc(C2(C)CCCN(c3ncnc4nc[nH]c34)C2)n1. The van der Waals surface area contributed by atoms with Gasteiger partial charge in [0.2, 0.25) is 5.89 Å². The lowest BCUT2D eigenvalue weighted by Gasteiger charge is -2.38. The number of hydrogen-bond donors (Lipinski definition) is 1. The van der Waals surface area contributed by atoms with Gasteiger partial charge in [0.25, 0.3) is 0 Å². The van der Waals surface area contributed by atoms with Crippen LogP contribution in [0.1, 0.15) is 31.5 Å². The lowest BCUT2D eigenvalue weighted by molar-refractivity contribution is 0.259. The molecule has 1 aliphatic rings. The van der Waals surface area contributed by atoms with Crippen LogP contribution in [0.3, 0.4) is 0 Å². The molecule has 0 aliphatic carbocycles. The van der Waals surface area contributed by atoms with Gasteiger partial charge < -0.3 is 14.4 Å². The molecule has 0 spiro atoms. The summed E-state index contributed by atoms with van der Waals surface area (Å²) in [7, 11) is 0. The van der Waals surface area contributed by atoms with Crippen molar-refractivity contribution in [2.45, 2.75) is 32.1 Å². The Labute approximate surface area is 127 Å². The number of hydrogen-bond acceptors (Lipinski definition) is 7. The Bertz CT molecular complexity index is 810. The number of aromatic nitrogens is 6. The van der Waals surface area contributed by atoms with Gasteiger partial charge in [-0.1, -0.05) is 5.16 Å². The second-order valence-corrected chi connectivity index (χ2v) is 6.03. The summed E-state index contributed by atoms with van der Waals surface area (Å²) in [5.41, 5.74) is 1.39. The van der Waals surface area contributed by atoms with Crippen LogP contribution in [0.5, 0.6) is 0 Å². The largest absolute Gasteiger partial charge is 0.354 e. The van der Waals surface area contributed by atoms with E-state index in [0.29, 0.717) is 17.4 Å². The normalized spacial score (nSPS) is 22.4. The smallest absolute Gasteiger partial charge is 0.234 e. The first-order chi connectivity index (χ1) is 10.7. The Kier molecular flexibility index (Phi) is 2.85. The molecule has 0 aromatic carbocycles. The number of nitrogens with zero attached hydrogens (tertiary/aromatic N) is 6. The molecule has 8 nitrogen and oxygen atoms in total. The van der Waals surface area contributed by atoms with E-state index in [2.05, 4.69) is 41.9 Å². The maximum atomic E-state index is 5.42. The molecule has 1 fully saturated rings. The minimum Gasteiger partial charge on any atom is -0.354 e. The van der Waals surface area contributed by atoms with Crippen molar-refractivity contribution in [2.24, 2.45) is 0 Å². The minimum atomic E-state index is -0.170. The van der Waals surface area contributed by atoms with Crippen molar-refractivity contribution in [2.75, 3.05) is 18.0 Å². The summed E-state index contributed by atoms with van der Waals surface area (Å²) < 4.78 is 5.42. The molecule has 0 radical (unpaired) electrons. The first kappa shape index (κ1) is 13.2. The van der Waals surface area contributed by atoms with E-state index in [1.54, 1.807) is 12.7 Å². The third-order valence-electron chi connectivity index (χ3n) is 4.24. The van der Waals surface area contributed by atoms with Gasteiger partial charge in [-0.3, -0.25) is 0 Å². The highest BCUT2D eigenvalue weighted by molar-refractivity contribution is 5.82. The van der Waals surface area contributed by atoms with E-state index in [-0.39, 0.29) is 5.41 Å². The van der Waals surface area contributed by atoms with Crippen LogP contribution in [0.4, 0.5) is 5.82 Å². The van der Waals surface area contributed by atoms with Crippen LogP contribution >= 0.6 is 0 Å². The maximum Gasteiger partial charge on any atom is 0.234 e. The number of rotatable bonds is 2.